The minimum atomic E-state index is 0.411. The van der Waals surface area contributed by atoms with Crippen molar-refractivity contribution in [3.63, 3.8) is 0 Å². The van der Waals surface area contributed by atoms with E-state index in [1.165, 1.54) is 0 Å². The Morgan fingerprint density at radius 2 is 2.36 bits per heavy atom. The molecule has 0 aliphatic carbocycles. The van der Waals surface area contributed by atoms with Crippen LogP contribution in [0.4, 0.5) is 0 Å². The molecule has 0 spiro atoms. The van der Waals surface area contributed by atoms with Gasteiger partial charge in [-0.1, -0.05) is 6.07 Å². The highest BCUT2D eigenvalue weighted by atomic mass is 79.9. The van der Waals surface area contributed by atoms with Gasteiger partial charge in [-0.25, -0.2) is 4.98 Å². The molecule has 0 saturated heterocycles. The lowest BCUT2D eigenvalue weighted by molar-refractivity contribution is 1.10. The van der Waals surface area contributed by atoms with Crippen LogP contribution < -0.4 is 0 Å². The van der Waals surface area contributed by atoms with Crippen LogP contribution in [0.3, 0.4) is 0 Å². The highest BCUT2D eigenvalue weighted by Crippen LogP contribution is 2.14. The van der Waals surface area contributed by atoms with Crippen molar-refractivity contribution in [3.05, 3.63) is 28.0 Å². The number of hydrogen-bond donors (Lipinski definition) is 0. The third-order valence-electron chi connectivity index (χ3n) is 1.33. The fourth-order valence-electron chi connectivity index (χ4n) is 0.771. The van der Waals surface area contributed by atoms with Gasteiger partial charge in [-0.15, -0.1) is 0 Å². The minimum absolute atomic E-state index is 0.411. The molecule has 2 nitrogen and oxygen atoms in total. The topological polar surface area (TPSA) is 36.7 Å². The minimum Gasteiger partial charge on any atom is -0.246 e. The molecule has 0 atom stereocenters. The Labute approximate surface area is 74.0 Å². The molecule has 0 N–H and O–H groups in total. The average molecular weight is 211 g/mol. The van der Waals surface area contributed by atoms with Gasteiger partial charge in [-0.2, -0.15) is 5.26 Å². The van der Waals surface area contributed by atoms with Gasteiger partial charge in [-0.3, -0.25) is 0 Å². The number of nitrogens with zero attached hydrogens (tertiary/aromatic N) is 2. The van der Waals surface area contributed by atoms with Gasteiger partial charge in [0.15, 0.2) is 0 Å². The molecule has 1 heterocycles. The quantitative estimate of drug-likeness (QED) is 0.667. The zero-order valence-electron chi connectivity index (χ0n) is 6.13. The van der Waals surface area contributed by atoms with Crippen molar-refractivity contribution in [3.8, 4) is 6.07 Å². The maximum absolute atomic E-state index is 8.41. The maximum atomic E-state index is 8.41. The molecule has 1 aromatic heterocycles. The Bertz CT molecular complexity index is 301. The zero-order valence-corrected chi connectivity index (χ0v) is 7.72. The first-order chi connectivity index (χ1) is 5.24. The van der Waals surface area contributed by atoms with Crippen LogP contribution in [-0.2, 0) is 6.42 Å². The molecule has 3 heteroatoms. The summed E-state index contributed by atoms with van der Waals surface area (Å²) in [6.45, 7) is 1.92. The Balaban J connectivity index is 3.01. The first-order valence-electron chi connectivity index (χ1n) is 3.23. The summed E-state index contributed by atoms with van der Waals surface area (Å²) in [4.78, 5) is 4.16. The normalized spacial score (nSPS) is 9.18. The molecule has 56 valence electrons. The van der Waals surface area contributed by atoms with Gasteiger partial charge in [0.1, 0.15) is 4.60 Å². The molecule has 0 aliphatic heterocycles. The number of hydrogen-bond acceptors (Lipinski definition) is 2. The third kappa shape index (κ3) is 2.02. The van der Waals surface area contributed by atoms with Crippen LogP contribution >= 0.6 is 15.9 Å². The van der Waals surface area contributed by atoms with Gasteiger partial charge in [-0.05, 0) is 34.5 Å². The molecular weight excluding hydrogens is 204 g/mol. The van der Waals surface area contributed by atoms with Crippen LogP contribution in [0.25, 0.3) is 0 Å². The summed E-state index contributed by atoms with van der Waals surface area (Å²) in [5.41, 5.74) is 1.90. The van der Waals surface area contributed by atoms with Crippen LogP contribution in [0.15, 0.2) is 16.7 Å². The van der Waals surface area contributed by atoms with E-state index in [0.29, 0.717) is 6.42 Å². The molecule has 0 unspecified atom stereocenters. The first-order valence-corrected chi connectivity index (χ1v) is 4.02. The van der Waals surface area contributed by atoms with Crippen molar-refractivity contribution in [1.29, 1.82) is 5.26 Å². The van der Waals surface area contributed by atoms with Gasteiger partial charge < -0.3 is 0 Å². The van der Waals surface area contributed by atoms with Crippen LogP contribution in [0.2, 0.25) is 0 Å². The van der Waals surface area contributed by atoms with Gasteiger partial charge in [0, 0.05) is 5.69 Å². The molecule has 11 heavy (non-hydrogen) atoms. The predicted octanol–water partition coefficient (Wildman–Crippen LogP) is 2.22. The van der Waals surface area contributed by atoms with Crippen molar-refractivity contribution in [2.45, 2.75) is 13.3 Å². The van der Waals surface area contributed by atoms with Gasteiger partial charge in [0.05, 0.1) is 12.5 Å². The van der Waals surface area contributed by atoms with Crippen molar-refractivity contribution < 1.29 is 0 Å². The Morgan fingerprint density at radius 1 is 1.64 bits per heavy atom. The number of pyridine rings is 1. The molecule has 0 radical (unpaired) electrons. The lowest BCUT2D eigenvalue weighted by Crippen LogP contribution is -1.89. The fourth-order valence-corrected chi connectivity index (χ4v) is 1.32. The van der Waals surface area contributed by atoms with Crippen LogP contribution in [0.5, 0.6) is 0 Å². The molecule has 0 fully saturated rings. The monoisotopic (exact) mass is 210 g/mol. The largest absolute Gasteiger partial charge is 0.246 e. The zero-order chi connectivity index (χ0) is 8.27. The molecular formula is C8H7BrN2. The predicted molar refractivity (Wildman–Crippen MR) is 46.0 cm³/mol. The number of rotatable bonds is 1. The van der Waals surface area contributed by atoms with Crippen LogP contribution in [-0.4, -0.2) is 4.98 Å². The number of halogens is 1. The summed E-state index contributed by atoms with van der Waals surface area (Å²) in [7, 11) is 0. The lowest BCUT2D eigenvalue weighted by atomic mass is 10.2. The molecule has 0 aliphatic rings. The van der Waals surface area contributed by atoms with Gasteiger partial charge >= 0.3 is 0 Å². The molecule has 1 rings (SSSR count). The summed E-state index contributed by atoms with van der Waals surface area (Å²) < 4.78 is 0.777. The van der Waals surface area contributed by atoms with E-state index in [0.717, 1.165) is 15.9 Å². The number of nitriles is 1. The summed E-state index contributed by atoms with van der Waals surface area (Å²) in [5.74, 6) is 0. The van der Waals surface area contributed by atoms with Gasteiger partial charge in [0.2, 0.25) is 0 Å². The Hall–Kier alpha value is -0.880. The van der Waals surface area contributed by atoms with Crippen LogP contribution in [0.1, 0.15) is 11.3 Å². The van der Waals surface area contributed by atoms with Crippen molar-refractivity contribution in [2.75, 3.05) is 0 Å². The van der Waals surface area contributed by atoms with Crippen molar-refractivity contribution >= 4 is 15.9 Å². The van der Waals surface area contributed by atoms with Crippen LogP contribution in [0, 0.1) is 18.3 Å². The van der Waals surface area contributed by atoms with Gasteiger partial charge in [0.25, 0.3) is 0 Å². The smallest absolute Gasteiger partial charge is 0.110 e. The number of aryl methyl sites for hydroxylation is 1. The summed E-state index contributed by atoms with van der Waals surface area (Å²) >= 11 is 3.29. The Morgan fingerprint density at radius 3 is 2.91 bits per heavy atom. The first kappa shape index (κ1) is 8.22. The summed E-state index contributed by atoms with van der Waals surface area (Å²) in [6.07, 6.45) is 0.411. The van der Waals surface area contributed by atoms with E-state index in [-0.39, 0.29) is 0 Å². The highest BCUT2D eigenvalue weighted by molar-refractivity contribution is 9.10. The summed E-state index contributed by atoms with van der Waals surface area (Å²) in [6, 6.07) is 5.89. The molecule has 0 bridgehead atoms. The Kier molecular flexibility index (Phi) is 2.61. The van der Waals surface area contributed by atoms with E-state index in [4.69, 9.17) is 5.26 Å². The van der Waals surface area contributed by atoms with E-state index in [2.05, 4.69) is 27.0 Å². The lowest BCUT2D eigenvalue weighted by Gasteiger charge is -1.98. The van der Waals surface area contributed by atoms with Crippen molar-refractivity contribution in [2.24, 2.45) is 0 Å². The second-order valence-corrected chi connectivity index (χ2v) is 2.99. The molecule has 0 saturated carbocycles. The second-order valence-electron chi connectivity index (χ2n) is 2.24. The SMILES string of the molecule is Cc1ccc(CC#N)c(Br)n1. The average Bonchev–Trinajstić information content (AvgIpc) is 1.95. The highest BCUT2D eigenvalue weighted by Gasteiger charge is 1.99. The van der Waals surface area contributed by atoms with E-state index in [1.807, 2.05) is 19.1 Å². The van der Waals surface area contributed by atoms with Crippen molar-refractivity contribution in [1.82, 2.24) is 4.98 Å². The second kappa shape index (κ2) is 3.49. The third-order valence-corrected chi connectivity index (χ3v) is 2.02. The molecule has 0 aromatic carbocycles. The fraction of sp³-hybridized carbons (Fsp3) is 0.250. The molecule has 0 amide bonds. The molecule has 1 aromatic rings. The standard InChI is InChI=1S/C8H7BrN2/c1-6-2-3-7(4-5-10)8(9)11-6/h2-3H,4H2,1H3. The number of aromatic nitrogens is 1. The maximum Gasteiger partial charge on any atom is 0.110 e. The van der Waals surface area contributed by atoms with E-state index in [1.54, 1.807) is 0 Å². The summed E-state index contributed by atoms with van der Waals surface area (Å²) in [5, 5.41) is 8.41. The van der Waals surface area contributed by atoms with E-state index < -0.39 is 0 Å². The van der Waals surface area contributed by atoms with E-state index >= 15 is 0 Å². The van der Waals surface area contributed by atoms with E-state index in [9.17, 15) is 0 Å².